The van der Waals surface area contributed by atoms with Gasteiger partial charge in [-0.1, -0.05) is 57.6 Å². The number of hydrogen-bond donors (Lipinski definition) is 2. The first-order valence-electron chi connectivity index (χ1n) is 13.2. The van der Waals surface area contributed by atoms with E-state index in [0.717, 1.165) is 37.6 Å². The first-order chi connectivity index (χ1) is 17.9. The second kappa shape index (κ2) is 12.8. The van der Waals surface area contributed by atoms with Crippen molar-refractivity contribution < 1.29 is 17.9 Å². The Hall–Kier alpha value is -3.29. The van der Waals surface area contributed by atoms with Gasteiger partial charge < -0.3 is 15.4 Å². The third-order valence-electron chi connectivity index (χ3n) is 6.72. The molecule has 4 rings (SSSR count). The van der Waals surface area contributed by atoms with Gasteiger partial charge >= 0.3 is 6.18 Å². The molecule has 1 aromatic heterocycles. The molecule has 1 aliphatic rings. The highest BCUT2D eigenvalue weighted by atomic mass is 19.4. The van der Waals surface area contributed by atoms with Gasteiger partial charge in [0.2, 0.25) is 5.95 Å². The predicted molar refractivity (Wildman–Crippen MR) is 142 cm³/mol. The minimum Gasteiger partial charge on any atom is -0.494 e. The van der Waals surface area contributed by atoms with Gasteiger partial charge in [0.25, 0.3) is 0 Å². The van der Waals surface area contributed by atoms with Crippen LogP contribution in [0.2, 0.25) is 0 Å². The molecule has 3 aromatic rings. The Kier molecular flexibility index (Phi) is 9.25. The van der Waals surface area contributed by atoms with Crippen LogP contribution in [-0.2, 0) is 6.18 Å². The van der Waals surface area contributed by atoms with Gasteiger partial charge in [0.1, 0.15) is 17.1 Å². The number of benzene rings is 2. The number of alkyl halides is 3. The number of rotatable bonds is 11. The molecule has 0 atom stereocenters. The molecule has 0 saturated heterocycles. The SMILES string of the molecule is CCCCCCOc1ccc(Nc2ncc(C(F)(F)F)c(Nc3ccc(C4CCCCC4)cc3)n2)cc1. The Labute approximate surface area is 216 Å². The van der Waals surface area contributed by atoms with E-state index >= 15 is 0 Å². The second-order valence-electron chi connectivity index (χ2n) is 9.59. The van der Waals surface area contributed by atoms with Crippen LogP contribution in [-0.4, -0.2) is 16.6 Å². The van der Waals surface area contributed by atoms with E-state index in [4.69, 9.17) is 4.74 Å². The molecule has 2 N–H and O–H groups in total. The lowest BCUT2D eigenvalue weighted by atomic mass is 9.84. The number of unbranched alkanes of at least 4 members (excludes halogenated alkanes) is 3. The lowest BCUT2D eigenvalue weighted by Gasteiger charge is -2.22. The molecule has 1 fully saturated rings. The summed E-state index contributed by atoms with van der Waals surface area (Å²) in [4.78, 5) is 8.06. The molecule has 0 unspecified atom stereocenters. The smallest absolute Gasteiger partial charge is 0.421 e. The first-order valence-corrected chi connectivity index (χ1v) is 13.2. The fraction of sp³-hybridized carbons (Fsp3) is 0.448. The Morgan fingerprint density at radius 1 is 0.865 bits per heavy atom. The van der Waals surface area contributed by atoms with Gasteiger partial charge in [0, 0.05) is 17.6 Å². The molecular formula is C29H35F3N4O. The van der Waals surface area contributed by atoms with Gasteiger partial charge in [-0.25, -0.2) is 4.98 Å². The molecule has 8 heteroatoms. The molecule has 2 aromatic carbocycles. The molecule has 37 heavy (non-hydrogen) atoms. The Bertz CT molecular complexity index is 1110. The summed E-state index contributed by atoms with van der Waals surface area (Å²) in [6.07, 6.45) is 6.80. The van der Waals surface area contributed by atoms with Crippen LogP contribution < -0.4 is 15.4 Å². The lowest BCUT2D eigenvalue weighted by Crippen LogP contribution is -2.12. The average Bonchev–Trinajstić information content (AvgIpc) is 2.90. The standard InChI is InChI=1S/C29H35F3N4O/c1-2-3-4-8-19-37-25-17-15-24(16-18-25)35-28-33-20-26(29(30,31)32)27(36-28)34-23-13-11-22(12-14-23)21-9-6-5-7-10-21/h11-18,20-21H,2-10,19H2,1H3,(H2,33,34,35,36). The molecule has 1 saturated carbocycles. The summed E-state index contributed by atoms with van der Waals surface area (Å²) in [6, 6.07) is 14.9. The molecule has 198 valence electrons. The van der Waals surface area contributed by atoms with E-state index in [1.165, 1.54) is 37.7 Å². The third-order valence-corrected chi connectivity index (χ3v) is 6.72. The van der Waals surface area contributed by atoms with Crippen LogP contribution in [0.25, 0.3) is 0 Å². The van der Waals surface area contributed by atoms with Crippen molar-refractivity contribution in [2.24, 2.45) is 0 Å². The van der Waals surface area contributed by atoms with Crippen molar-refractivity contribution in [1.82, 2.24) is 9.97 Å². The number of halogens is 3. The van der Waals surface area contributed by atoms with Crippen molar-refractivity contribution in [2.75, 3.05) is 17.2 Å². The molecule has 1 heterocycles. The topological polar surface area (TPSA) is 59.1 Å². The predicted octanol–water partition coefficient (Wildman–Crippen LogP) is 8.99. The van der Waals surface area contributed by atoms with Crippen molar-refractivity contribution in [3.8, 4) is 5.75 Å². The van der Waals surface area contributed by atoms with E-state index in [-0.39, 0.29) is 11.8 Å². The summed E-state index contributed by atoms with van der Waals surface area (Å²) in [5, 5.41) is 5.84. The number of nitrogens with zero attached hydrogens (tertiary/aromatic N) is 2. The molecule has 5 nitrogen and oxygen atoms in total. The minimum atomic E-state index is -4.58. The Morgan fingerprint density at radius 2 is 1.54 bits per heavy atom. The van der Waals surface area contributed by atoms with Crippen LogP contribution in [0, 0.1) is 0 Å². The van der Waals surface area contributed by atoms with Crippen LogP contribution in [0.4, 0.5) is 36.3 Å². The monoisotopic (exact) mass is 512 g/mol. The molecule has 0 radical (unpaired) electrons. The maximum absolute atomic E-state index is 13.7. The zero-order valence-corrected chi connectivity index (χ0v) is 21.3. The fourth-order valence-corrected chi connectivity index (χ4v) is 4.64. The second-order valence-corrected chi connectivity index (χ2v) is 9.59. The lowest BCUT2D eigenvalue weighted by molar-refractivity contribution is -0.137. The zero-order valence-electron chi connectivity index (χ0n) is 21.3. The van der Waals surface area contributed by atoms with Crippen molar-refractivity contribution >= 4 is 23.1 Å². The highest BCUT2D eigenvalue weighted by Gasteiger charge is 2.35. The van der Waals surface area contributed by atoms with E-state index < -0.39 is 11.7 Å². The number of ether oxygens (including phenoxy) is 1. The Balaban J connectivity index is 1.43. The van der Waals surface area contributed by atoms with Crippen LogP contribution in [0.15, 0.2) is 54.7 Å². The van der Waals surface area contributed by atoms with E-state index in [2.05, 4.69) is 27.5 Å². The summed E-state index contributed by atoms with van der Waals surface area (Å²) in [6.45, 7) is 2.83. The Morgan fingerprint density at radius 3 is 2.22 bits per heavy atom. The van der Waals surface area contributed by atoms with Gasteiger partial charge in [-0.3, -0.25) is 0 Å². The largest absolute Gasteiger partial charge is 0.494 e. The average molecular weight is 513 g/mol. The van der Waals surface area contributed by atoms with Crippen LogP contribution in [0.3, 0.4) is 0 Å². The molecule has 0 amide bonds. The van der Waals surface area contributed by atoms with Gasteiger partial charge in [0.05, 0.1) is 6.61 Å². The quantitative estimate of drug-likeness (QED) is 0.251. The number of nitrogens with one attached hydrogen (secondary N) is 2. The third kappa shape index (κ3) is 7.84. The number of hydrogen-bond acceptors (Lipinski definition) is 5. The van der Waals surface area contributed by atoms with Gasteiger partial charge in [-0.15, -0.1) is 0 Å². The van der Waals surface area contributed by atoms with Crippen molar-refractivity contribution in [3.63, 3.8) is 0 Å². The summed E-state index contributed by atoms with van der Waals surface area (Å²) < 4.78 is 46.8. The van der Waals surface area contributed by atoms with Gasteiger partial charge in [0.15, 0.2) is 0 Å². The maximum Gasteiger partial charge on any atom is 0.421 e. The highest BCUT2D eigenvalue weighted by Crippen LogP contribution is 2.36. The molecule has 0 bridgehead atoms. The summed E-state index contributed by atoms with van der Waals surface area (Å²) in [5.74, 6) is 1.06. The summed E-state index contributed by atoms with van der Waals surface area (Å²) in [7, 11) is 0. The molecule has 0 aliphatic heterocycles. The van der Waals surface area contributed by atoms with Gasteiger partial charge in [-0.05, 0) is 67.1 Å². The minimum absolute atomic E-state index is 0.0718. The van der Waals surface area contributed by atoms with Crippen molar-refractivity contribution in [1.29, 1.82) is 0 Å². The molecule has 1 aliphatic carbocycles. The number of aromatic nitrogens is 2. The van der Waals surface area contributed by atoms with Gasteiger partial charge in [-0.2, -0.15) is 18.2 Å². The van der Waals surface area contributed by atoms with E-state index in [1.54, 1.807) is 12.1 Å². The first kappa shape index (κ1) is 26.8. The van der Waals surface area contributed by atoms with Crippen LogP contribution in [0.5, 0.6) is 5.75 Å². The fourth-order valence-electron chi connectivity index (χ4n) is 4.64. The van der Waals surface area contributed by atoms with Crippen LogP contribution in [0.1, 0.15) is 81.8 Å². The molecular weight excluding hydrogens is 477 g/mol. The van der Waals surface area contributed by atoms with Crippen LogP contribution >= 0.6 is 0 Å². The zero-order chi connectivity index (χ0) is 26.1. The number of anilines is 4. The highest BCUT2D eigenvalue weighted by molar-refractivity contribution is 5.63. The van der Waals surface area contributed by atoms with Crippen molar-refractivity contribution in [2.45, 2.75) is 76.8 Å². The van der Waals surface area contributed by atoms with E-state index in [9.17, 15) is 13.2 Å². The molecule has 0 spiro atoms. The summed E-state index contributed by atoms with van der Waals surface area (Å²) in [5.41, 5.74) is 1.52. The maximum atomic E-state index is 13.7. The normalized spacial score (nSPS) is 14.4. The van der Waals surface area contributed by atoms with E-state index in [0.29, 0.717) is 23.9 Å². The van der Waals surface area contributed by atoms with E-state index in [1.807, 2.05) is 36.4 Å². The summed E-state index contributed by atoms with van der Waals surface area (Å²) >= 11 is 0. The van der Waals surface area contributed by atoms with Crippen molar-refractivity contribution in [3.05, 3.63) is 65.9 Å².